The van der Waals surface area contributed by atoms with E-state index in [1.54, 1.807) is 12.1 Å². The van der Waals surface area contributed by atoms with Gasteiger partial charge in [-0.15, -0.1) is 0 Å². The molecule has 3 aromatic heterocycles. The van der Waals surface area contributed by atoms with Gasteiger partial charge in [-0.25, -0.2) is 19.3 Å². The van der Waals surface area contributed by atoms with Gasteiger partial charge in [-0.3, -0.25) is 14.5 Å². The van der Waals surface area contributed by atoms with Gasteiger partial charge in [-0.1, -0.05) is 19.3 Å². The number of anilines is 1. The van der Waals surface area contributed by atoms with Gasteiger partial charge < -0.3 is 5.32 Å². The summed E-state index contributed by atoms with van der Waals surface area (Å²) >= 11 is 0. The Morgan fingerprint density at radius 1 is 1.28 bits per heavy atom. The van der Waals surface area contributed by atoms with Crippen LogP contribution in [-0.2, 0) is 0 Å². The first-order valence-electron chi connectivity index (χ1n) is 9.25. The topological polar surface area (TPSA) is 122 Å². The molecule has 0 atom stereocenters. The molecule has 9 nitrogen and oxygen atoms in total. The lowest BCUT2D eigenvalue weighted by Crippen LogP contribution is -2.23. The largest absolute Gasteiger partial charge is 0.361 e. The fourth-order valence-corrected chi connectivity index (χ4v) is 3.30. The third-order valence-electron chi connectivity index (χ3n) is 4.61. The molecule has 0 aromatic carbocycles. The van der Waals surface area contributed by atoms with Crippen molar-refractivity contribution in [3.05, 3.63) is 46.7 Å². The average Bonchev–Trinajstić information content (AvgIpc) is 3.12. The highest BCUT2D eigenvalue weighted by atomic mass is 19.1. The van der Waals surface area contributed by atoms with Crippen molar-refractivity contribution in [2.45, 2.75) is 45.1 Å². The first-order chi connectivity index (χ1) is 14.0. The zero-order valence-electron chi connectivity index (χ0n) is 15.9. The van der Waals surface area contributed by atoms with E-state index in [2.05, 4.69) is 20.3 Å². The van der Waals surface area contributed by atoms with Crippen LogP contribution in [0.25, 0.3) is 17.2 Å². The van der Waals surface area contributed by atoms with E-state index in [0.717, 1.165) is 25.7 Å². The van der Waals surface area contributed by atoms with E-state index in [-0.39, 0.29) is 23.4 Å². The van der Waals surface area contributed by atoms with Crippen molar-refractivity contribution in [2.24, 2.45) is 0 Å². The van der Waals surface area contributed by atoms with Gasteiger partial charge in [-0.05, 0) is 25.0 Å². The molecule has 4 rings (SSSR count). The van der Waals surface area contributed by atoms with Crippen LogP contribution in [0.1, 0.15) is 39.0 Å². The number of hydrogen-bond acceptors (Lipinski definition) is 7. The Kier molecular flexibility index (Phi) is 6.29. The molecule has 0 radical (unpaired) electrons. The third-order valence-corrected chi connectivity index (χ3v) is 4.61. The van der Waals surface area contributed by atoms with Gasteiger partial charge in [0.15, 0.2) is 5.82 Å². The summed E-state index contributed by atoms with van der Waals surface area (Å²) in [5, 5.41) is 21.9. The molecule has 0 saturated heterocycles. The molecule has 0 amide bonds. The van der Waals surface area contributed by atoms with Crippen LogP contribution in [0.2, 0.25) is 0 Å². The summed E-state index contributed by atoms with van der Waals surface area (Å²) in [7, 11) is 0. The number of halogens is 1. The summed E-state index contributed by atoms with van der Waals surface area (Å²) in [6, 6.07) is 4.77. The fourth-order valence-electron chi connectivity index (χ4n) is 3.30. The van der Waals surface area contributed by atoms with Gasteiger partial charge >= 0.3 is 5.69 Å². The van der Waals surface area contributed by atoms with Crippen molar-refractivity contribution in [3.8, 4) is 17.6 Å². The first kappa shape index (κ1) is 20.1. The lowest BCUT2D eigenvalue weighted by atomic mass is 9.95. The Morgan fingerprint density at radius 3 is 2.69 bits per heavy atom. The zero-order chi connectivity index (χ0) is 20.8. The minimum Gasteiger partial charge on any atom is -0.361 e. The molecule has 150 valence electrons. The molecule has 0 bridgehead atoms. The normalized spacial score (nSPS) is 14.0. The highest BCUT2D eigenvalue weighted by Crippen LogP contribution is 2.28. The molecule has 1 aliphatic rings. The maximum absolute atomic E-state index is 13.6. The van der Waals surface area contributed by atoms with E-state index in [1.807, 2.05) is 0 Å². The van der Waals surface area contributed by atoms with E-state index in [0.29, 0.717) is 11.3 Å². The SMILES string of the molecule is CC#N.O=[N+]([O-])c1cnc(-c2cnc3ccc(F)cn23)nc1NC1CCCCC1. The molecular formula is C19H20FN7O2. The van der Waals surface area contributed by atoms with Crippen molar-refractivity contribution in [2.75, 3.05) is 5.32 Å². The van der Waals surface area contributed by atoms with Crippen LogP contribution in [0.15, 0.2) is 30.7 Å². The summed E-state index contributed by atoms with van der Waals surface area (Å²) in [6.07, 6.45) is 9.28. The molecule has 1 aliphatic carbocycles. The summed E-state index contributed by atoms with van der Waals surface area (Å²) in [6.45, 7) is 1.43. The van der Waals surface area contributed by atoms with Crippen LogP contribution in [0.3, 0.4) is 0 Å². The van der Waals surface area contributed by atoms with Gasteiger partial charge in [0.1, 0.15) is 23.4 Å². The molecule has 3 aromatic rings. The van der Waals surface area contributed by atoms with E-state index < -0.39 is 10.7 Å². The second-order valence-electron chi connectivity index (χ2n) is 6.61. The van der Waals surface area contributed by atoms with Crippen LogP contribution < -0.4 is 5.32 Å². The first-order valence-corrected chi connectivity index (χ1v) is 9.25. The summed E-state index contributed by atoms with van der Waals surface area (Å²) < 4.78 is 15.1. The van der Waals surface area contributed by atoms with Gasteiger partial charge in [0, 0.05) is 19.2 Å². The summed E-state index contributed by atoms with van der Waals surface area (Å²) in [4.78, 5) is 23.5. The predicted octanol–water partition coefficient (Wildman–Crippen LogP) is 4.11. The highest BCUT2D eigenvalue weighted by molar-refractivity contribution is 5.63. The smallest absolute Gasteiger partial charge is 0.329 e. The Morgan fingerprint density at radius 2 is 2.00 bits per heavy atom. The molecule has 29 heavy (non-hydrogen) atoms. The lowest BCUT2D eigenvalue weighted by molar-refractivity contribution is -0.384. The van der Waals surface area contributed by atoms with Gasteiger partial charge in [-0.2, -0.15) is 5.26 Å². The predicted molar refractivity (Wildman–Crippen MR) is 105 cm³/mol. The molecule has 1 N–H and O–H groups in total. The molecule has 0 aliphatic heterocycles. The second kappa shape index (κ2) is 9.05. The van der Waals surface area contributed by atoms with Crippen molar-refractivity contribution < 1.29 is 9.31 Å². The third kappa shape index (κ3) is 4.63. The number of nitro groups is 1. The van der Waals surface area contributed by atoms with E-state index in [4.69, 9.17) is 5.26 Å². The number of hydrogen-bond donors (Lipinski definition) is 1. The van der Waals surface area contributed by atoms with Gasteiger partial charge in [0.25, 0.3) is 0 Å². The molecule has 10 heteroatoms. The average molecular weight is 397 g/mol. The Labute approximate surface area is 166 Å². The van der Waals surface area contributed by atoms with E-state index >= 15 is 0 Å². The van der Waals surface area contributed by atoms with Crippen LogP contribution in [0.5, 0.6) is 0 Å². The quantitative estimate of drug-likeness (QED) is 0.519. The van der Waals surface area contributed by atoms with Crippen molar-refractivity contribution in [3.63, 3.8) is 0 Å². The van der Waals surface area contributed by atoms with Crippen molar-refractivity contribution in [1.29, 1.82) is 5.26 Å². The monoisotopic (exact) mass is 397 g/mol. The van der Waals surface area contributed by atoms with Crippen LogP contribution >= 0.6 is 0 Å². The van der Waals surface area contributed by atoms with Gasteiger partial charge in [0.2, 0.25) is 5.82 Å². The fraction of sp³-hybridized carbons (Fsp3) is 0.368. The standard InChI is InChI=1S/C17H17FN6O2.C2H3N/c18-11-6-7-15-19-8-13(23(15)10-11)16-20-9-14(24(25)26)17(22-16)21-12-4-2-1-3-5-12;1-2-3/h6-10,12H,1-5H2,(H,20,21,22);1H3. The number of pyridine rings is 1. The summed E-state index contributed by atoms with van der Waals surface area (Å²) in [5.41, 5.74) is 0.852. The Hall–Kier alpha value is -3.61. The van der Waals surface area contributed by atoms with Crippen LogP contribution in [0, 0.1) is 27.3 Å². The van der Waals surface area contributed by atoms with Crippen molar-refractivity contribution in [1.82, 2.24) is 19.4 Å². The van der Waals surface area contributed by atoms with E-state index in [1.165, 1.54) is 42.4 Å². The Bertz CT molecular complexity index is 1050. The minimum atomic E-state index is -0.497. The number of imidazole rings is 1. The van der Waals surface area contributed by atoms with Crippen molar-refractivity contribution >= 4 is 17.2 Å². The number of fused-ring (bicyclic) bond motifs is 1. The molecule has 1 fully saturated rings. The van der Waals surface area contributed by atoms with E-state index in [9.17, 15) is 14.5 Å². The number of rotatable bonds is 4. The molecule has 0 unspecified atom stereocenters. The highest BCUT2D eigenvalue weighted by Gasteiger charge is 2.23. The minimum absolute atomic E-state index is 0.157. The number of nitrogens with one attached hydrogen (secondary N) is 1. The lowest BCUT2D eigenvalue weighted by Gasteiger charge is -2.23. The Balaban J connectivity index is 0.000000755. The zero-order valence-corrected chi connectivity index (χ0v) is 15.9. The molecule has 1 saturated carbocycles. The molecule has 3 heterocycles. The van der Waals surface area contributed by atoms with Gasteiger partial charge in [0.05, 0.1) is 17.2 Å². The summed E-state index contributed by atoms with van der Waals surface area (Å²) in [5.74, 6) is 0.0319. The maximum atomic E-state index is 13.6. The van der Waals surface area contributed by atoms with Crippen LogP contribution in [-0.4, -0.2) is 30.3 Å². The second-order valence-corrected chi connectivity index (χ2v) is 6.61. The molecule has 0 spiro atoms. The maximum Gasteiger partial charge on any atom is 0.329 e. The number of nitriles is 1. The number of aromatic nitrogens is 4. The number of nitrogens with zero attached hydrogens (tertiary/aromatic N) is 6. The van der Waals surface area contributed by atoms with Crippen LogP contribution in [0.4, 0.5) is 15.9 Å². The molecular weight excluding hydrogens is 377 g/mol.